The van der Waals surface area contributed by atoms with Crippen LogP contribution in [0, 0.1) is 12.8 Å². The van der Waals surface area contributed by atoms with Crippen LogP contribution in [0.25, 0.3) is 49.2 Å². The Balaban J connectivity index is 1.36. The molecule has 1 aliphatic heterocycles. The average molecular weight is 520 g/mol. The van der Waals surface area contributed by atoms with E-state index in [0.717, 1.165) is 58.6 Å². The Morgan fingerprint density at radius 1 is 1.11 bits per heavy atom. The van der Waals surface area contributed by atoms with E-state index in [2.05, 4.69) is 90.4 Å². The Kier molecular flexibility index (Phi) is 6.83. The van der Waals surface area contributed by atoms with Crippen LogP contribution in [0.3, 0.4) is 0 Å². The zero-order chi connectivity index (χ0) is 26.1. The number of hydrogen-bond donors (Lipinski definition) is 3. The molecular weight excluding hydrogens is 486 g/mol. The van der Waals surface area contributed by atoms with E-state index in [1.165, 1.54) is 39.1 Å². The molecule has 1 aromatic carbocycles. The predicted octanol–water partition coefficient (Wildman–Crippen LogP) is 8.05. The van der Waals surface area contributed by atoms with Crippen molar-refractivity contribution >= 4 is 38.7 Å². The topological polar surface area (TPSA) is 69.4 Å². The number of fused-ring (bicyclic) bond motifs is 2. The van der Waals surface area contributed by atoms with Gasteiger partial charge in [-0.15, -0.1) is 11.3 Å². The number of aryl methyl sites for hydroxylation is 1. The van der Waals surface area contributed by atoms with E-state index in [9.17, 15) is 0 Å². The second kappa shape index (κ2) is 10.6. The molecule has 4 aromatic heterocycles. The number of H-pyrrole nitrogens is 2. The Bertz CT molecular complexity index is 1670. The van der Waals surface area contributed by atoms with Crippen molar-refractivity contribution in [3.63, 3.8) is 0 Å². The molecule has 0 aliphatic carbocycles. The van der Waals surface area contributed by atoms with Gasteiger partial charge < -0.3 is 10.3 Å². The molecule has 0 unspecified atom stereocenters. The minimum Gasteiger partial charge on any atom is -0.353 e. The third kappa shape index (κ3) is 4.77. The van der Waals surface area contributed by atoms with E-state index in [0.29, 0.717) is 5.92 Å². The minimum absolute atomic E-state index is 0.708. The smallest absolute Gasteiger partial charge is 0.116 e. The van der Waals surface area contributed by atoms with Gasteiger partial charge in [-0.2, -0.15) is 5.10 Å². The number of pyridine rings is 1. The minimum atomic E-state index is 0.708. The molecule has 0 amide bonds. The number of hydrogen-bond acceptors (Lipinski definition) is 4. The summed E-state index contributed by atoms with van der Waals surface area (Å²) < 4.78 is 0. The van der Waals surface area contributed by atoms with Crippen molar-refractivity contribution in [1.29, 1.82) is 0 Å². The van der Waals surface area contributed by atoms with Gasteiger partial charge in [0.2, 0.25) is 0 Å². The highest BCUT2D eigenvalue weighted by Gasteiger charge is 2.17. The summed E-state index contributed by atoms with van der Waals surface area (Å²) in [5.74, 6) is 0.708. The van der Waals surface area contributed by atoms with Crippen LogP contribution in [0.1, 0.15) is 36.8 Å². The Labute approximate surface area is 227 Å². The maximum absolute atomic E-state index is 4.78. The van der Waals surface area contributed by atoms with E-state index < -0.39 is 0 Å². The summed E-state index contributed by atoms with van der Waals surface area (Å²) in [5, 5.41) is 13.6. The number of rotatable bonds is 7. The number of nitrogens with zero attached hydrogens (tertiary/aromatic N) is 2. The van der Waals surface area contributed by atoms with Crippen molar-refractivity contribution in [3.05, 3.63) is 89.6 Å². The summed E-state index contributed by atoms with van der Waals surface area (Å²) >= 11 is 1.82. The van der Waals surface area contributed by atoms with Crippen molar-refractivity contribution < 1.29 is 0 Å². The molecule has 1 aliphatic rings. The summed E-state index contributed by atoms with van der Waals surface area (Å²) in [4.78, 5) is 11.0. The van der Waals surface area contributed by atoms with E-state index in [4.69, 9.17) is 10.1 Å². The average Bonchev–Trinajstić information content (AvgIpc) is 3.68. The van der Waals surface area contributed by atoms with Crippen LogP contribution >= 0.6 is 11.3 Å². The quantitative estimate of drug-likeness (QED) is 0.191. The molecule has 5 aromatic rings. The summed E-state index contributed by atoms with van der Waals surface area (Å²) in [5.41, 5.74) is 8.51. The molecule has 0 saturated carbocycles. The summed E-state index contributed by atoms with van der Waals surface area (Å²) in [7, 11) is 0. The monoisotopic (exact) mass is 519 g/mol. The number of allylic oxidation sites excluding steroid dienone is 5. The van der Waals surface area contributed by atoms with E-state index in [-0.39, 0.29) is 0 Å². The third-order valence-corrected chi connectivity index (χ3v) is 8.60. The van der Waals surface area contributed by atoms with Gasteiger partial charge in [0.25, 0.3) is 0 Å². The van der Waals surface area contributed by atoms with Crippen molar-refractivity contribution in [2.45, 2.75) is 33.1 Å². The number of aromatic nitrogens is 4. The predicted molar refractivity (Wildman–Crippen MR) is 161 cm³/mol. The van der Waals surface area contributed by atoms with Crippen molar-refractivity contribution in [2.24, 2.45) is 5.92 Å². The van der Waals surface area contributed by atoms with Gasteiger partial charge in [0.05, 0.1) is 23.1 Å². The highest BCUT2D eigenvalue weighted by molar-refractivity contribution is 7.15. The molecule has 6 heteroatoms. The van der Waals surface area contributed by atoms with Gasteiger partial charge in [-0.25, -0.2) is 0 Å². The Morgan fingerprint density at radius 2 is 1.97 bits per heavy atom. The van der Waals surface area contributed by atoms with Crippen molar-refractivity contribution in [1.82, 2.24) is 25.5 Å². The number of piperidine rings is 1. The lowest BCUT2D eigenvalue weighted by Crippen LogP contribution is -2.27. The molecule has 5 heterocycles. The van der Waals surface area contributed by atoms with Crippen LogP contribution in [0.5, 0.6) is 0 Å². The Hall–Kier alpha value is -3.74. The van der Waals surface area contributed by atoms with Gasteiger partial charge in [-0.05, 0) is 99.7 Å². The molecule has 3 N–H and O–H groups in total. The maximum Gasteiger partial charge on any atom is 0.116 e. The zero-order valence-electron chi connectivity index (χ0n) is 22.0. The first-order chi connectivity index (χ1) is 18.6. The van der Waals surface area contributed by atoms with Gasteiger partial charge in [0, 0.05) is 31.6 Å². The fourth-order valence-corrected chi connectivity index (χ4v) is 6.39. The van der Waals surface area contributed by atoms with Gasteiger partial charge in [-0.3, -0.25) is 10.1 Å². The SMILES string of the molecule is C=C/C(=C\C(=C/C)c1cc2c(-c3cc4c(-c5ccc(C)s5)cccc4[nH]3)n[nH]c2cn1)CC1CCNCC1. The lowest BCUT2D eigenvalue weighted by Gasteiger charge is -2.23. The van der Waals surface area contributed by atoms with Crippen LogP contribution in [-0.4, -0.2) is 33.3 Å². The molecule has 192 valence electrons. The highest BCUT2D eigenvalue weighted by atomic mass is 32.1. The molecule has 1 saturated heterocycles. The van der Waals surface area contributed by atoms with Gasteiger partial charge >= 0.3 is 0 Å². The zero-order valence-corrected chi connectivity index (χ0v) is 22.8. The largest absolute Gasteiger partial charge is 0.353 e. The van der Waals surface area contributed by atoms with E-state index in [1.807, 2.05) is 23.6 Å². The Morgan fingerprint density at radius 3 is 2.74 bits per heavy atom. The number of aromatic amines is 2. The van der Waals surface area contributed by atoms with E-state index in [1.54, 1.807) is 0 Å². The first-order valence-electron chi connectivity index (χ1n) is 13.4. The lowest BCUT2D eigenvalue weighted by atomic mass is 9.90. The second-order valence-electron chi connectivity index (χ2n) is 10.1. The molecule has 0 radical (unpaired) electrons. The lowest BCUT2D eigenvalue weighted by molar-refractivity contribution is 0.374. The molecule has 0 bridgehead atoms. The normalized spacial score (nSPS) is 15.5. The molecular formula is C32H33N5S. The third-order valence-electron chi connectivity index (χ3n) is 7.57. The maximum atomic E-state index is 4.78. The van der Waals surface area contributed by atoms with Crippen molar-refractivity contribution in [3.8, 4) is 21.8 Å². The van der Waals surface area contributed by atoms with Gasteiger partial charge in [0.1, 0.15) is 5.69 Å². The standard InChI is InChI=1S/C32H33N5S/c1-4-21(15-22-11-13-33-14-12-22)16-23(5-2)28-18-26-30(19-34-28)36-37-32(26)29-17-25-24(7-6-8-27(25)35-29)31-10-9-20(3)38-31/h4-10,16-19,22,33,35H,1,11-15H2,2-3H3,(H,36,37)/b21-16+,23-5+. The van der Waals surface area contributed by atoms with E-state index >= 15 is 0 Å². The summed E-state index contributed by atoms with van der Waals surface area (Å²) in [6, 6.07) is 15.2. The van der Waals surface area contributed by atoms with Crippen molar-refractivity contribution in [2.75, 3.05) is 13.1 Å². The first-order valence-corrected chi connectivity index (χ1v) is 14.2. The molecule has 0 spiro atoms. The fraction of sp³-hybridized carbons (Fsp3) is 0.250. The molecule has 5 nitrogen and oxygen atoms in total. The summed E-state index contributed by atoms with van der Waals surface area (Å²) in [6.07, 6.45) is 11.8. The van der Waals surface area contributed by atoms with Gasteiger partial charge in [-0.1, -0.05) is 30.9 Å². The highest BCUT2D eigenvalue weighted by Crippen LogP contribution is 2.37. The molecule has 1 fully saturated rings. The fourth-order valence-electron chi connectivity index (χ4n) is 5.48. The van der Waals surface area contributed by atoms with Crippen LogP contribution in [0.4, 0.5) is 0 Å². The number of nitrogens with one attached hydrogen (secondary N) is 3. The molecule has 6 rings (SSSR count). The second-order valence-corrected chi connectivity index (χ2v) is 11.4. The number of benzene rings is 1. The van der Waals surface area contributed by atoms with Crippen LogP contribution < -0.4 is 5.32 Å². The molecule has 38 heavy (non-hydrogen) atoms. The number of thiophene rings is 1. The van der Waals surface area contributed by atoms with Gasteiger partial charge in [0.15, 0.2) is 0 Å². The summed E-state index contributed by atoms with van der Waals surface area (Å²) in [6.45, 7) is 10.5. The molecule has 0 atom stereocenters. The van der Waals surface area contributed by atoms with Crippen LogP contribution in [0.2, 0.25) is 0 Å². The van der Waals surface area contributed by atoms with Crippen LogP contribution in [0.15, 0.2) is 79.0 Å². The van der Waals surface area contributed by atoms with Crippen LogP contribution in [-0.2, 0) is 0 Å². The first kappa shape index (κ1) is 24.6.